The molecule has 0 bridgehead atoms. The van der Waals surface area contributed by atoms with Crippen LogP contribution in [0.3, 0.4) is 0 Å². The Morgan fingerprint density at radius 3 is 2.12 bits per heavy atom. The van der Waals surface area contributed by atoms with Gasteiger partial charge in [0.05, 0.1) is 21.8 Å². The number of carboxylic acids is 1. The first kappa shape index (κ1) is 19.8. The Morgan fingerprint density at radius 2 is 1.64 bits per heavy atom. The number of hydrogen-bond donors (Lipinski definition) is 0. The van der Waals surface area contributed by atoms with Crippen LogP contribution in [-0.2, 0) is 24.8 Å². The van der Waals surface area contributed by atoms with E-state index in [0.717, 1.165) is 4.31 Å². The summed E-state index contributed by atoms with van der Waals surface area (Å²) in [6.07, 6.45) is 0.641. The summed E-state index contributed by atoms with van der Waals surface area (Å²) in [5, 5.41) is 11.1. The molecule has 10 heteroatoms. The highest BCUT2D eigenvalue weighted by Crippen LogP contribution is 2.27. The molecule has 1 aliphatic rings. The molecule has 1 aromatic carbocycles. The second kappa shape index (κ2) is 7.40. The fraction of sp³-hybridized carbons (Fsp3) is 0.533. The zero-order valence-electron chi connectivity index (χ0n) is 14.1. The third-order valence-electron chi connectivity index (χ3n) is 4.25. The first-order chi connectivity index (χ1) is 11.7. The van der Waals surface area contributed by atoms with Crippen LogP contribution in [0, 0.1) is 0 Å². The van der Waals surface area contributed by atoms with Crippen LogP contribution < -0.4 is 5.11 Å². The van der Waals surface area contributed by atoms with E-state index in [1.807, 2.05) is 0 Å². The molecule has 0 N–H and O–H groups in total. The maximum atomic E-state index is 12.6. The van der Waals surface area contributed by atoms with E-state index in [1.165, 1.54) is 28.6 Å². The summed E-state index contributed by atoms with van der Waals surface area (Å²) in [5.41, 5.74) is 0. The molecule has 0 aromatic heterocycles. The summed E-state index contributed by atoms with van der Waals surface area (Å²) in [5.74, 6) is -1.43. The van der Waals surface area contributed by atoms with E-state index in [-0.39, 0.29) is 22.8 Å². The number of rotatable bonds is 7. The highest BCUT2D eigenvalue weighted by molar-refractivity contribution is 7.89. The van der Waals surface area contributed by atoms with Crippen molar-refractivity contribution in [1.82, 2.24) is 8.61 Å². The fourth-order valence-corrected chi connectivity index (χ4v) is 6.00. The van der Waals surface area contributed by atoms with Gasteiger partial charge in [-0.25, -0.2) is 16.8 Å². The van der Waals surface area contributed by atoms with E-state index in [4.69, 9.17) is 0 Å². The second-order valence-corrected chi connectivity index (χ2v) is 9.48. The minimum Gasteiger partial charge on any atom is -0.548 e. The van der Waals surface area contributed by atoms with Gasteiger partial charge in [-0.05, 0) is 37.1 Å². The minimum absolute atomic E-state index is 0.00646. The van der Waals surface area contributed by atoms with Gasteiger partial charge in [-0.2, -0.15) is 8.61 Å². The number of carbonyl (C=O) groups is 1. The molecular weight excluding hydrogens is 368 g/mol. The van der Waals surface area contributed by atoms with Crippen LogP contribution in [0.1, 0.15) is 26.7 Å². The molecule has 0 aliphatic carbocycles. The van der Waals surface area contributed by atoms with E-state index < -0.39 is 32.1 Å². The second-order valence-electron chi connectivity index (χ2n) is 5.65. The Kier molecular flexibility index (Phi) is 5.87. The van der Waals surface area contributed by atoms with Gasteiger partial charge < -0.3 is 9.90 Å². The highest BCUT2D eigenvalue weighted by atomic mass is 32.2. The molecule has 1 heterocycles. The third kappa shape index (κ3) is 3.71. The zero-order valence-corrected chi connectivity index (χ0v) is 15.7. The van der Waals surface area contributed by atoms with Gasteiger partial charge in [0.15, 0.2) is 0 Å². The quantitative estimate of drug-likeness (QED) is 0.628. The number of sulfonamides is 2. The molecule has 0 radical (unpaired) electrons. The molecule has 1 atom stereocenters. The first-order valence-electron chi connectivity index (χ1n) is 7.99. The molecule has 140 valence electrons. The smallest absolute Gasteiger partial charge is 0.243 e. The molecule has 1 saturated heterocycles. The van der Waals surface area contributed by atoms with Gasteiger partial charge in [0.1, 0.15) is 0 Å². The molecule has 2 rings (SSSR count). The Labute approximate surface area is 148 Å². The van der Waals surface area contributed by atoms with E-state index in [9.17, 15) is 26.7 Å². The summed E-state index contributed by atoms with van der Waals surface area (Å²) in [4.78, 5) is 11.0. The van der Waals surface area contributed by atoms with Crippen LogP contribution in [0.25, 0.3) is 0 Å². The lowest BCUT2D eigenvalue weighted by molar-refractivity contribution is -0.309. The van der Waals surface area contributed by atoms with Crippen molar-refractivity contribution in [3.8, 4) is 0 Å². The Hall–Kier alpha value is -1.49. The van der Waals surface area contributed by atoms with E-state index in [1.54, 1.807) is 13.8 Å². The van der Waals surface area contributed by atoms with Crippen LogP contribution >= 0.6 is 0 Å². The lowest BCUT2D eigenvalue weighted by Gasteiger charge is -2.25. The van der Waals surface area contributed by atoms with Crippen molar-refractivity contribution >= 4 is 26.0 Å². The van der Waals surface area contributed by atoms with Gasteiger partial charge >= 0.3 is 0 Å². The van der Waals surface area contributed by atoms with Crippen molar-refractivity contribution in [2.75, 3.05) is 19.6 Å². The van der Waals surface area contributed by atoms with E-state index in [0.29, 0.717) is 19.5 Å². The first-order valence-corrected chi connectivity index (χ1v) is 10.9. The molecule has 1 aliphatic heterocycles. The summed E-state index contributed by atoms with van der Waals surface area (Å²) < 4.78 is 52.3. The van der Waals surface area contributed by atoms with Crippen LogP contribution in [0.4, 0.5) is 0 Å². The van der Waals surface area contributed by atoms with Crippen LogP contribution in [0.2, 0.25) is 0 Å². The van der Waals surface area contributed by atoms with Gasteiger partial charge in [0.2, 0.25) is 20.0 Å². The van der Waals surface area contributed by atoms with E-state index >= 15 is 0 Å². The standard InChI is InChI=1S/C15H22N2O6S2/c1-3-16(4-2)24(20,21)12-7-9-13(10-8-12)25(22,23)17-11-5-6-14(17)15(18)19/h7-10,14H,3-6,11H2,1-2H3,(H,18,19)/p-1/t14-/m0/s1. The van der Waals surface area contributed by atoms with Gasteiger partial charge in [-0.15, -0.1) is 0 Å². The fourth-order valence-electron chi connectivity index (χ4n) is 2.89. The van der Waals surface area contributed by atoms with Crippen LogP contribution in [0.15, 0.2) is 34.1 Å². The maximum absolute atomic E-state index is 12.6. The van der Waals surface area contributed by atoms with Gasteiger partial charge in [0.25, 0.3) is 0 Å². The average Bonchev–Trinajstić information content (AvgIpc) is 3.06. The molecule has 1 aromatic rings. The van der Waals surface area contributed by atoms with E-state index in [2.05, 4.69) is 0 Å². The van der Waals surface area contributed by atoms with Crippen molar-refractivity contribution in [1.29, 1.82) is 0 Å². The highest BCUT2D eigenvalue weighted by Gasteiger charge is 2.36. The van der Waals surface area contributed by atoms with Crippen LogP contribution in [-0.4, -0.2) is 57.1 Å². The molecule has 0 saturated carbocycles. The van der Waals surface area contributed by atoms with Crippen molar-refractivity contribution in [3.63, 3.8) is 0 Å². The molecule has 25 heavy (non-hydrogen) atoms. The van der Waals surface area contributed by atoms with Crippen molar-refractivity contribution in [3.05, 3.63) is 24.3 Å². The maximum Gasteiger partial charge on any atom is 0.243 e. The van der Waals surface area contributed by atoms with Crippen LogP contribution in [0.5, 0.6) is 0 Å². The Morgan fingerprint density at radius 1 is 1.12 bits per heavy atom. The average molecular weight is 389 g/mol. The lowest BCUT2D eigenvalue weighted by Crippen LogP contribution is -2.46. The molecule has 0 spiro atoms. The molecular formula is C15H21N2O6S2-. The normalized spacial score (nSPS) is 19.4. The number of benzene rings is 1. The summed E-state index contributed by atoms with van der Waals surface area (Å²) >= 11 is 0. The number of hydrogen-bond acceptors (Lipinski definition) is 6. The largest absolute Gasteiger partial charge is 0.548 e. The number of carboxylic acid groups (broad SMARTS) is 1. The predicted molar refractivity (Wildman–Crippen MR) is 88.5 cm³/mol. The Bertz CT molecular complexity index is 829. The third-order valence-corrected chi connectivity index (χ3v) is 8.24. The predicted octanol–water partition coefficient (Wildman–Crippen LogP) is -0.380. The molecule has 0 amide bonds. The summed E-state index contributed by atoms with van der Waals surface area (Å²) in [6, 6.07) is 3.64. The molecule has 0 unspecified atom stereocenters. The number of aliphatic carboxylic acids is 1. The lowest BCUT2D eigenvalue weighted by atomic mass is 10.2. The molecule has 1 fully saturated rings. The topological polar surface area (TPSA) is 115 Å². The van der Waals surface area contributed by atoms with Crippen molar-refractivity contribution < 1.29 is 26.7 Å². The molecule has 8 nitrogen and oxygen atoms in total. The van der Waals surface area contributed by atoms with Crippen molar-refractivity contribution in [2.45, 2.75) is 42.5 Å². The zero-order chi connectivity index (χ0) is 18.8. The Balaban J connectivity index is 2.35. The van der Waals surface area contributed by atoms with Gasteiger partial charge in [0, 0.05) is 19.6 Å². The minimum atomic E-state index is -4.02. The van der Waals surface area contributed by atoms with Crippen molar-refractivity contribution in [2.24, 2.45) is 0 Å². The number of nitrogens with zero attached hydrogens (tertiary/aromatic N) is 2. The van der Waals surface area contributed by atoms with Gasteiger partial charge in [-0.3, -0.25) is 0 Å². The summed E-state index contributed by atoms with van der Waals surface area (Å²) in [6.45, 7) is 4.14. The summed E-state index contributed by atoms with van der Waals surface area (Å²) in [7, 11) is -7.71. The number of carbonyl (C=O) groups excluding carboxylic acids is 1. The SMILES string of the molecule is CCN(CC)S(=O)(=O)c1ccc(S(=O)(=O)N2CCC[C@H]2C(=O)[O-])cc1. The van der Waals surface area contributed by atoms with Gasteiger partial charge in [-0.1, -0.05) is 13.8 Å². The monoisotopic (exact) mass is 389 g/mol.